The maximum Gasteiger partial charge on any atom is 0.317 e. The van der Waals surface area contributed by atoms with Crippen molar-refractivity contribution in [2.45, 2.75) is 63.4 Å². The van der Waals surface area contributed by atoms with Gasteiger partial charge in [0, 0.05) is 32.4 Å². The highest BCUT2D eigenvalue weighted by Crippen LogP contribution is 2.29. The SMILES string of the molecule is CN(C)C(=O)NC1CCC(Nc2cc(-c3ccc4cc(C#N)cnn34)ncc2C(=O)NC[C@@H](F)C(C)(C)O)CC1. The van der Waals surface area contributed by atoms with Gasteiger partial charge in [0.2, 0.25) is 0 Å². The molecule has 0 unspecified atom stereocenters. The van der Waals surface area contributed by atoms with Gasteiger partial charge in [-0.15, -0.1) is 0 Å². The van der Waals surface area contributed by atoms with Crippen molar-refractivity contribution in [3.05, 3.63) is 47.8 Å². The van der Waals surface area contributed by atoms with Crippen LogP contribution < -0.4 is 16.0 Å². The third kappa shape index (κ3) is 6.66. The number of hydrogen-bond donors (Lipinski definition) is 4. The van der Waals surface area contributed by atoms with Gasteiger partial charge < -0.3 is 26.0 Å². The first-order valence-electron chi connectivity index (χ1n) is 13.2. The second-order valence-electron chi connectivity index (χ2n) is 10.9. The molecule has 0 aliphatic heterocycles. The molecule has 4 N–H and O–H groups in total. The Kier molecular flexibility index (Phi) is 8.54. The number of nitrogens with one attached hydrogen (secondary N) is 3. The summed E-state index contributed by atoms with van der Waals surface area (Å²) in [4.78, 5) is 31.2. The van der Waals surface area contributed by atoms with Crippen LogP contribution in [0.5, 0.6) is 0 Å². The smallest absolute Gasteiger partial charge is 0.317 e. The molecule has 212 valence electrons. The highest BCUT2D eigenvalue weighted by Gasteiger charge is 2.28. The highest BCUT2D eigenvalue weighted by molar-refractivity contribution is 6.00. The monoisotopic (exact) mass is 550 g/mol. The van der Waals surface area contributed by atoms with Crippen LogP contribution in [0.15, 0.2) is 36.7 Å². The van der Waals surface area contributed by atoms with Crippen molar-refractivity contribution in [1.29, 1.82) is 5.26 Å². The van der Waals surface area contributed by atoms with E-state index in [1.54, 1.807) is 30.7 Å². The van der Waals surface area contributed by atoms with Gasteiger partial charge in [-0.05, 0) is 63.8 Å². The van der Waals surface area contributed by atoms with Crippen LogP contribution in [0.25, 0.3) is 16.9 Å². The van der Waals surface area contributed by atoms with E-state index in [0.29, 0.717) is 22.6 Å². The molecule has 0 saturated heterocycles. The minimum atomic E-state index is -1.65. The van der Waals surface area contributed by atoms with Crippen LogP contribution in [0, 0.1) is 11.3 Å². The summed E-state index contributed by atoms with van der Waals surface area (Å²) in [5, 5.41) is 32.5. The van der Waals surface area contributed by atoms with Gasteiger partial charge in [-0.3, -0.25) is 9.78 Å². The molecule has 3 heterocycles. The summed E-state index contributed by atoms with van der Waals surface area (Å²) in [5.74, 6) is -0.516. The first-order valence-corrected chi connectivity index (χ1v) is 13.2. The summed E-state index contributed by atoms with van der Waals surface area (Å²) < 4.78 is 16.0. The number of carbonyl (C=O) groups excluding carboxylic acids is 2. The van der Waals surface area contributed by atoms with E-state index in [0.717, 1.165) is 31.2 Å². The third-order valence-electron chi connectivity index (χ3n) is 7.07. The Bertz CT molecular complexity index is 1420. The molecule has 0 radical (unpaired) electrons. The number of rotatable bonds is 8. The number of urea groups is 1. The fourth-order valence-electron chi connectivity index (χ4n) is 4.58. The van der Waals surface area contributed by atoms with E-state index >= 15 is 0 Å². The zero-order valence-electron chi connectivity index (χ0n) is 23.1. The molecule has 1 aliphatic rings. The standard InChI is InChI=1S/C28H35FN8O3/c1-28(2,40)25(29)16-32-26(38)21-15-31-23(24-10-9-20-11-17(13-30)14-33-37(20)24)12-22(21)34-18-5-7-19(8-6-18)35-27(39)36(3)4/h9-12,14-15,18-19,25,40H,5-8,16H2,1-4H3,(H,31,34)(H,32,38)(H,35,39)/t18?,19?,25-/m1/s1. The van der Waals surface area contributed by atoms with Crippen LogP contribution >= 0.6 is 0 Å². The van der Waals surface area contributed by atoms with Gasteiger partial charge in [0.15, 0.2) is 0 Å². The van der Waals surface area contributed by atoms with Gasteiger partial charge in [0.25, 0.3) is 5.91 Å². The van der Waals surface area contributed by atoms with Crippen molar-refractivity contribution >= 4 is 23.1 Å². The van der Waals surface area contributed by atoms with Crippen molar-refractivity contribution < 1.29 is 19.1 Å². The maximum atomic E-state index is 14.3. The second kappa shape index (κ2) is 11.9. The number of halogens is 1. The summed E-state index contributed by atoms with van der Waals surface area (Å²) >= 11 is 0. The number of nitrogens with zero attached hydrogens (tertiary/aromatic N) is 5. The van der Waals surface area contributed by atoms with Crippen LogP contribution in [0.3, 0.4) is 0 Å². The van der Waals surface area contributed by atoms with Crippen molar-refractivity contribution in [3.63, 3.8) is 0 Å². The molecule has 3 amide bonds. The largest absolute Gasteiger partial charge is 0.387 e. The van der Waals surface area contributed by atoms with E-state index in [9.17, 15) is 24.3 Å². The molecule has 1 saturated carbocycles. The van der Waals surface area contributed by atoms with Crippen molar-refractivity contribution in [2.24, 2.45) is 0 Å². The summed E-state index contributed by atoms with van der Waals surface area (Å²) in [6, 6.07) is 9.23. The van der Waals surface area contributed by atoms with Crippen LogP contribution in [0.4, 0.5) is 14.9 Å². The van der Waals surface area contributed by atoms with Crippen molar-refractivity contribution in [3.8, 4) is 17.5 Å². The Morgan fingerprint density at radius 1 is 1.20 bits per heavy atom. The molecular formula is C28H35FN8O3. The Morgan fingerprint density at radius 2 is 1.90 bits per heavy atom. The van der Waals surface area contributed by atoms with Gasteiger partial charge in [-0.25, -0.2) is 13.7 Å². The van der Waals surface area contributed by atoms with Crippen LogP contribution in [-0.2, 0) is 0 Å². The lowest BCUT2D eigenvalue weighted by atomic mass is 9.91. The van der Waals surface area contributed by atoms with Gasteiger partial charge in [0.1, 0.15) is 12.2 Å². The minimum Gasteiger partial charge on any atom is -0.387 e. The Morgan fingerprint density at radius 3 is 2.55 bits per heavy atom. The molecule has 1 aliphatic carbocycles. The van der Waals surface area contributed by atoms with Gasteiger partial charge >= 0.3 is 6.03 Å². The van der Waals surface area contributed by atoms with Crippen molar-refractivity contribution in [2.75, 3.05) is 26.0 Å². The van der Waals surface area contributed by atoms with Crippen LogP contribution in [0.2, 0.25) is 0 Å². The lowest BCUT2D eigenvalue weighted by Gasteiger charge is -2.31. The minimum absolute atomic E-state index is 0.0416. The molecule has 1 fully saturated rings. The Labute approximate surface area is 232 Å². The Hall–Kier alpha value is -4.24. The quantitative estimate of drug-likeness (QED) is 0.337. The van der Waals surface area contributed by atoms with E-state index in [2.05, 4.69) is 32.1 Å². The number of anilines is 1. The summed E-state index contributed by atoms with van der Waals surface area (Å²) in [5.41, 5.74) is 1.59. The third-order valence-corrected chi connectivity index (χ3v) is 7.07. The fourth-order valence-corrected chi connectivity index (χ4v) is 4.58. The number of carbonyl (C=O) groups is 2. The van der Waals surface area contributed by atoms with Crippen LogP contribution in [-0.4, -0.2) is 81.0 Å². The zero-order chi connectivity index (χ0) is 29.0. The molecule has 4 rings (SSSR count). The molecule has 0 aromatic carbocycles. The van der Waals surface area contributed by atoms with Gasteiger partial charge in [-0.2, -0.15) is 10.4 Å². The number of nitriles is 1. The van der Waals surface area contributed by atoms with Gasteiger partial charge in [-0.1, -0.05) is 0 Å². The maximum absolute atomic E-state index is 14.3. The Balaban J connectivity index is 1.58. The molecular weight excluding hydrogens is 515 g/mol. The molecule has 12 heteroatoms. The van der Waals surface area contributed by atoms with Crippen molar-refractivity contribution in [1.82, 2.24) is 30.1 Å². The number of hydrogen-bond acceptors (Lipinski definition) is 7. The normalized spacial score (nSPS) is 18.0. The average molecular weight is 551 g/mol. The first kappa shape index (κ1) is 28.8. The van der Waals surface area contributed by atoms with E-state index in [-0.39, 0.29) is 30.2 Å². The number of pyridine rings is 1. The topological polar surface area (TPSA) is 148 Å². The summed E-state index contributed by atoms with van der Waals surface area (Å²) in [6.45, 7) is 2.34. The molecule has 0 spiro atoms. The summed E-state index contributed by atoms with van der Waals surface area (Å²) in [7, 11) is 3.41. The van der Waals surface area contributed by atoms with E-state index < -0.39 is 17.7 Å². The first-order chi connectivity index (χ1) is 19.0. The predicted molar refractivity (Wildman–Crippen MR) is 149 cm³/mol. The van der Waals surface area contributed by atoms with E-state index in [1.807, 2.05) is 12.1 Å². The average Bonchev–Trinajstić information content (AvgIpc) is 3.35. The molecule has 0 bridgehead atoms. The number of aliphatic hydroxyl groups is 1. The molecule has 1 atom stereocenters. The number of amides is 3. The van der Waals surface area contributed by atoms with Gasteiger partial charge in [0.05, 0.1) is 52.1 Å². The van der Waals surface area contributed by atoms with Crippen LogP contribution in [0.1, 0.15) is 55.5 Å². The lowest BCUT2D eigenvalue weighted by Crippen LogP contribution is -2.44. The fraction of sp³-hybridized carbons (Fsp3) is 0.464. The van der Waals surface area contributed by atoms with E-state index in [1.165, 1.54) is 31.1 Å². The lowest BCUT2D eigenvalue weighted by molar-refractivity contribution is -0.00177. The molecule has 40 heavy (non-hydrogen) atoms. The zero-order valence-corrected chi connectivity index (χ0v) is 23.1. The predicted octanol–water partition coefficient (Wildman–Crippen LogP) is 3.10. The molecule has 3 aromatic heterocycles. The number of fused-ring (bicyclic) bond motifs is 1. The number of alkyl halides is 1. The highest BCUT2D eigenvalue weighted by atomic mass is 19.1. The van der Waals surface area contributed by atoms with E-state index in [4.69, 9.17) is 0 Å². The number of aromatic nitrogens is 3. The molecule has 3 aromatic rings. The second-order valence-corrected chi connectivity index (χ2v) is 10.9. The molecule has 11 nitrogen and oxygen atoms in total. The summed E-state index contributed by atoms with van der Waals surface area (Å²) in [6.07, 6.45) is 4.37.